The molecule has 0 aromatic heterocycles. The fraction of sp³-hybridized carbons (Fsp3) is 0.250. The predicted octanol–water partition coefficient (Wildman–Crippen LogP) is 3.72. The SMILES string of the molecule is O=C(O)CCC=Cc1cc(C(F)(F)F)ccc1F. The van der Waals surface area contributed by atoms with Crippen molar-refractivity contribution in [2.75, 3.05) is 0 Å². The molecule has 1 N–H and O–H groups in total. The number of carboxylic acid groups (broad SMARTS) is 1. The van der Waals surface area contributed by atoms with Gasteiger partial charge in [-0.2, -0.15) is 13.2 Å². The zero-order valence-electron chi connectivity index (χ0n) is 9.17. The molecule has 1 rings (SSSR count). The van der Waals surface area contributed by atoms with Crippen molar-refractivity contribution >= 4 is 12.0 Å². The molecule has 0 amide bonds. The van der Waals surface area contributed by atoms with Gasteiger partial charge in [0.2, 0.25) is 0 Å². The fourth-order valence-electron chi connectivity index (χ4n) is 1.26. The highest BCUT2D eigenvalue weighted by Gasteiger charge is 2.30. The Morgan fingerprint density at radius 2 is 2.00 bits per heavy atom. The van der Waals surface area contributed by atoms with Crippen molar-refractivity contribution in [1.82, 2.24) is 0 Å². The number of aliphatic carboxylic acids is 1. The van der Waals surface area contributed by atoms with Crippen LogP contribution in [0.3, 0.4) is 0 Å². The minimum atomic E-state index is -4.53. The Hall–Kier alpha value is -1.85. The van der Waals surface area contributed by atoms with Crippen molar-refractivity contribution < 1.29 is 27.5 Å². The molecule has 1 aromatic rings. The van der Waals surface area contributed by atoms with E-state index < -0.39 is 23.5 Å². The van der Waals surface area contributed by atoms with Gasteiger partial charge in [0, 0.05) is 12.0 Å². The van der Waals surface area contributed by atoms with Crippen molar-refractivity contribution in [1.29, 1.82) is 0 Å². The highest BCUT2D eigenvalue weighted by Crippen LogP contribution is 2.30. The first-order valence-corrected chi connectivity index (χ1v) is 5.06. The van der Waals surface area contributed by atoms with Crippen LogP contribution in [0.25, 0.3) is 6.08 Å². The van der Waals surface area contributed by atoms with Crippen molar-refractivity contribution in [3.63, 3.8) is 0 Å². The number of halogens is 4. The molecular formula is C12H10F4O2. The molecule has 98 valence electrons. The summed E-state index contributed by atoms with van der Waals surface area (Å²) in [5, 5.41) is 8.36. The maximum atomic E-state index is 13.2. The second kappa shape index (κ2) is 5.66. The molecule has 0 atom stereocenters. The molecule has 0 radical (unpaired) electrons. The number of allylic oxidation sites excluding steroid dienone is 1. The molecule has 0 fully saturated rings. The second-order valence-electron chi connectivity index (χ2n) is 3.57. The lowest BCUT2D eigenvalue weighted by Crippen LogP contribution is -2.05. The monoisotopic (exact) mass is 262 g/mol. The number of benzene rings is 1. The van der Waals surface area contributed by atoms with E-state index in [1.807, 2.05) is 0 Å². The van der Waals surface area contributed by atoms with E-state index in [-0.39, 0.29) is 18.4 Å². The van der Waals surface area contributed by atoms with E-state index in [0.29, 0.717) is 12.1 Å². The number of alkyl halides is 3. The number of hydrogen-bond donors (Lipinski definition) is 1. The van der Waals surface area contributed by atoms with Gasteiger partial charge in [0.05, 0.1) is 5.56 Å². The van der Waals surface area contributed by atoms with Gasteiger partial charge in [-0.15, -0.1) is 0 Å². The van der Waals surface area contributed by atoms with E-state index in [0.717, 1.165) is 12.1 Å². The standard InChI is InChI=1S/C12H10F4O2/c13-10-6-5-9(12(14,15)16)7-8(10)3-1-2-4-11(17)18/h1,3,5-7H,2,4H2,(H,17,18). The van der Waals surface area contributed by atoms with Crippen LogP contribution in [0.5, 0.6) is 0 Å². The van der Waals surface area contributed by atoms with Gasteiger partial charge in [0.15, 0.2) is 0 Å². The van der Waals surface area contributed by atoms with Gasteiger partial charge < -0.3 is 5.11 Å². The van der Waals surface area contributed by atoms with Gasteiger partial charge in [-0.3, -0.25) is 4.79 Å². The van der Waals surface area contributed by atoms with Crippen LogP contribution in [0.4, 0.5) is 17.6 Å². The molecule has 0 aliphatic heterocycles. The summed E-state index contributed by atoms with van der Waals surface area (Å²) in [5.74, 6) is -1.81. The average molecular weight is 262 g/mol. The van der Waals surface area contributed by atoms with Crippen LogP contribution in [0.1, 0.15) is 24.0 Å². The quantitative estimate of drug-likeness (QED) is 0.839. The summed E-state index contributed by atoms with van der Waals surface area (Å²) in [5.41, 5.74) is -1.16. The van der Waals surface area contributed by atoms with Gasteiger partial charge in [0.1, 0.15) is 5.82 Å². The lowest BCUT2D eigenvalue weighted by molar-refractivity contribution is -0.138. The molecule has 0 saturated carbocycles. The van der Waals surface area contributed by atoms with Crippen molar-refractivity contribution in [2.24, 2.45) is 0 Å². The molecule has 0 aliphatic rings. The molecule has 6 heteroatoms. The van der Waals surface area contributed by atoms with Crippen LogP contribution >= 0.6 is 0 Å². The van der Waals surface area contributed by atoms with Crippen molar-refractivity contribution in [3.05, 3.63) is 41.2 Å². The van der Waals surface area contributed by atoms with E-state index in [9.17, 15) is 22.4 Å². The van der Waals surface area contributed by atoms with E-state index in [2.05, 4.69) is 0 Å². The average Bonchev–Trinajstić information content (AvgIpc) is 2.24. The highest BCUT2D eigenvalue weighted by atomic mass is 19.4. The first-order chi connectivity index (χ1) is 8.30. The molecule has 0 unspecified atom stereocenters. The molecule has 0 aliphatic carbocycles. The molecule has 2 nitrogen and oxygen atoms in total. The third kappa shape index (κ3) is 4.20. The molecule has 0 heterocycles. The highest BCUT2D eigenvalue weighted by molar-refractivity contribution is 5.67. The Kier molecular flexibility index (Phi) is 4.47. The third-order valence-electron chi connectivity index (χ3n) is 2.15. The van der Waals surface area contributed by atoms with Gasteiger partial charge >= 0.3 is 12.1 Å². The van der Waals surface area contributed by atoms with Gasteiger partial charge in [-0.25, -0.2) is 4.39 Å². The van der Waals surface area contributed by atoms with E-state index in [4.69, 9.17) is 5.11 Å². The third-order valence-corrected chi connectivity index (χ3v) is 2.15. The van der Waals surface area contributed by atoms with Gasteiger partial charge in [-0.1, -0.05) is 12.2 Å². The molecule has 18 heavy (non-hydrogen) atoms. The summed E-state index contributed by atoms with van der Waals surface area (Å²) in [7, 11) is 0. The Labute approximate surface area is 101 Å². The summed E-state index contributed by atoms with van der Waals surface area (Å²) in [6.07, 6.45) is -2.08. The van der Waals surface area contributed by atoms with Crippen LogP contribution in [0.2, 0.25) is 0 Å². The summed E-state index contributed by atoms with van der Waals surface area (Å²) in [6, 6.07) is 2.08. The van der Waals surface area contributed by atoms with E-state index in [1.165, 1.54) is 6.08 Å². The maximum absolute atomic E-state index is 13.2. The predicted molar refractivity (Wildman–Crippen MR) is 57.3 cm³/mol. The number of hydrogen-bond acceptors (Lipinski definition) is 1. The fourth-order valence-corrected chi connectivity index (χ4v) is 1.26. The normalized spacial score (nSPS) is 12.0. The van der Waals surface area contributed by atoms with Crippen LogP contribution in [-0.4, -0.2) is 11.1 Å². The number of rotatable bonds is 4. The molecule has 1 aromatic carbocycles. The maximum Gasteiger partial charge on any atom is 0.416 e. The van der Waals surface area contributed by atoms with Crippen LogP contribution < -0.4 is 0 Å². The largest absolute Gasteiger partial charge is 0.481 e. The topological polar surface area (TPSA) is 37.3 Å². The molecule has 0 spiro atoms. The zero-order valence-corrected chi connectivity index (χ0v) is 9.17. The summed E-state index contributed by atoms with van der Waals surface area (Å²) >= 11 is 0. The Bertz CT molecular complexity index is 464. The summed E-state index contributed by atoms with van der Waals surface area (Å²) < 4.78 is 50.3. The van der Waals surface area contributed by atoms with E-state index >= 15 is 0 Å². The second-order valence-corrected chi connectivity index (χ2v) is 3.57. The summed E-state index contributed by atoms with van der Waals surface area (Å²) in [4.78, 5) is 10.2. The Morgan fingerprint density at radius 1 is 1.33 bits per heavy atom. The van der Waals surface area contributed by atoms with Crippen molar-refractivity contribution in [2.45, 2.75) is 19.0 Å². The van der Waals surface area contributed by atoms with Crippen LogP contribution in [0, 0.1) is 5.82 Å². The minimum Gasteiger partial charge on any atom is -0.481 e. The zero-order chi connectivity index (χ0) is 13.8. The molecule has 0 bridgehead atoms. The molecule has 0 saturated heterocycles. The number of carbonyl (C=O) groups is 1. The smallest absolute Gasteiger partial charge is 0.416 e. The van der Waals surface area contributed by atoms with Crippen molar-refractivity contribution in [3.8, 4) is 0 Å². The summed E-state index contributed by atoms with van der Waals surface area (Å²) in [6.45, 7) is 0. The molecular weight excluding hydrogens is 252 g/mol. The Balaban J connectivity index is 2.85. The lowest BCUT2D eigenvalue weighted by Gasteiger charge is -2.07. The van der Waals surface area contributed by atoms with Gasteiger partial charge in [-0.05, 0) is 24.6 Å². The minimum absolute atomic E-state index is 0.130. The van der Waals surface area contributed by atoms with Crippen LogP contribution in [0.15, 0.2) is 24.3 Å². The van der Waals surface area contributed by atoms with E-state index in [1.54, 1.807) is 0 Å². The Morgan fingerprint density at radius 3 is 2.56 bits per heavy atom. The van der Waals surface area contributed by atoms with Crippen LogP contribution in [-0.2, 0) is 11.0 Å². The number of carboxylic acids is 1. The first kappa shape index (κ1) is 14.2. The first-order valence-electron chi connectivity index (χ1n) is 5.06. The van der Waals surface area contributed by atoms with Gasteiger partial charge in [0.25, 0.3) is 0 Å². The lowest BCUT2D eigenvalue weighted by atomic mass is 10.1.